The zero-order valence-corrected chi connectivity index (χ0v) is 17.9. The molecule has 0 aliphatic carbocycles. The van der Waals surface area contributed by atoms with Crippen molar-refractivity contribution in [2.24, 2.45) is 0 Å². The van der Waals surface area contributed by atoms with Crippen molar-refractivity contribution in [1.82, 2.24) is 4.31 Å². The van der Waals surface area contributed by atoms with E-state index in [4.69, 9.17) is 4.74 Å². The molecule has 0 radical (unpaired) electrons. The van der Waals surface area contributed by atoms with Crippen LogP contribution in [0.1, 0.15) is 20.8 Å². The van der Waals surface area contributed by atoms with Crippen molar-refractivity contribution in [1.29, 1.82) is 0 Å². The maximum absolute atomic E-state index is 12.7. The number of carbonyl (C=O) groups is 1. The number of hydrogen-bond donors (Lipinski definition) is 2. The zero-order chi connectivity index (χ0) is 22.5. The summed E-state index contributed by atoms with van der Waals surface area (Å²) in [6.45, 7) is 5.25. The van der Waals surface area contributed by atoms with Crippen LogP contribution in [0.15, 0.2) is 41.3 Å². The third-order valence-corrected chi connectivity index (χ3v) is 6.34. The van der Waals surface area contributed by atoms with Gasteiger partial charge in [-0.05, 0) is 30.3 Å². The lowest BCUT2D eigenvalue weighted by Gasteiger charge is -2.19. The van der Waals surface area contributed by atoms with Gasteiger partial charge in [0.05, 0.1) is 22.6 Å². The Hall–Kier alpha value is -3.18. The van der Waals surface area contributed by atoms with Gasteiger partial charge < -0.3 is 15.4 Å². The summed E-state index contributed by atoms with van der Waals surface area (Å²) in [7, 11) is -2.41. The molecule has 0 aromatic heterocycles. The van der Waals surface area contributed by atoms with E-state index in [9.17, 15) is 23.3 Å². The van der Waals surface area contributed by atoms with E-state index in [1.54, 1.807) is 32.0 Å². The molecule has 30 heavy (non-hydrogen) atoms. The van der Waals surface area contributed by atoms with Crippen LogP contribution in [0.5, 0.6) is 5.75 Å². The van der Waals surface area contributed by atoms with E-state index in [0.717, 1.165) is 6.07 Å². The lowest BCUT2D eigenvalue weighted by atomic mass is 10.2. The van der Waals surface area contributed by atoms with Crippen LogP contribution in [-0.4, -0.2) is 43.8 Å². The Morgan fingerprint density at radius 2 is 1.80 bits per heavy atom. The highest BCUT2D eigenvalue weighted by Crippen LogP contribution is 2.35. The molecule has 0 spiro atoms. The highest BCUT2D eigenvalue weighted by atomic mass is 32.2. The molecular weight excluding hydrogens is 412 g/mol. The molecule has 0 aliphatic heterocycles. The van der Waals surface area contributed by atoms with Gasteiger partial charge in [0.15, 0.2) is 0 Å². The second kappa shape index (κ2) is 9.55. The maximum atomic E-state index is 12.7. The first-order valence-corrected chi connectivity index (χ1v) is 10.6. The van der Waals surface area contributed by atoms with E-state index in [1.165, 1.54) is 30.5 Å². The molecule has 0 bridgehead atoms. The number of carbonyl (C=O) groups excluding carboxylic acids is 1. The van der Waals surface area contributed by atoms with Crippen molar-refractivity contribution in [2.45, 2.75) is 25.7 Å². The van der Waals surface area contributed by atoms with Crippen LogP contribution in [0, 0.1) is 10.1 Å². The Morgan fingerprint density at radius 3 is 2.33 bits per heavy atom. The zero-order valence-electron chi connectivity index (χ0n) is 17.1. The Kier molecular flexibility index (Phi) is 7.35. The van der Waals surface area contributed by atoms with Gasteiger partial charge in [-0.3, -0.25) is 14.9 Å². The molecule has 2 aromatic rings. The molecule has 1 amide bonds. The van der Waals surface area contributed by atoms with Gasteiger partial charge in [0.25, 0.3) is 5.69 Å². The smallest absolute Gasteiger partial charge is 0.294 e. The average Bonchev–Trinajstić information content (AvgIpc) is 2.68. The molecule has 0 fully saturated rings. The lowest BCUT2D eigenvalue weighted by Crippen LogP contribution is -2.30. The van der Waals surface area contributed by atoms with Gasteiger partial charge in [-0.15, -0.1) is 0 Å². The number of amides is 1. The number of methoxy groups -OCH3 is 1. The van der Waals surface area contributed by atoms with E-state index in [1.807, 2.05) is 0 Å². The van der Waals surface area contributed by atoms with Crippen molar-refractivity contribution in [3.63, 3.8) is 0 Å². The van der Waals surface area contributed by atoms with Crippen LogP contribution in [0.2, 0.25) is 0 Å². The van der Waals surface area contributed by atoms with E-state index in [2.05, 4.69) is 10.6 Å². The monoisotopic (exact) mass is 436 g/mol. The second-order valence-corrected chi connectivity index (χ2v) is 8.18. The average molecular weight is 436 g/mol. The Labute approximate surface area is 175 Å². The third-order valence-electron chi connectivity index (χ3n) is 4.30. The summed E-state index contributed by atoms with van der Waals surface area (Å²) in [5.74, 6) is 0.112. The maximum Gasteiger partial charge on any atom is 0.294 e. The highest BCUT2D eigenvalue weighted by molar-refractivity contribution is 7.89. The summed E-state index contributed by atoms with van der Waals surface area (Å²) < 4.78 is 31.9. The molecule has 0 saturated heterocycles. The van der Waals surface area contributed by atoms with Crippen molar-refractivity contribution < 1.29 is 22.9 Å². The van der Waals surface area contributed by atoms with Crippen LogP contribution in [0.3, 0.4) is 0 Å². The highest BCUT2D eigenvalue weighted by Gasteiger charge is 2.26. The van der Waals surface area contributed by atoms with Crippen LogP contribution in [0.4, 0.5) is 22.7 Å². The Bertz CT molecular complexity index is 1050. The number of benzene rings is 2. The molecule has 0 atom stereocenters. The normalized spacial score (nSPS) is 11.2. The number of nitro groups is 1. The lowest BCUT2D eigenvalue weighted by molar-refractivity contribution is -0.384. The number of nitro benzene ring substituents is 1. The number of ether oxygens (including phenoxy) is 1. The SMILES string of the molecule is CCN(CC)S(=O)(=O)c1ccc(Nc2cc(NC(C)=O)ccc2OC)c([N+](=O)[O-])c1. The van der Waals surface area contributed by atoms with Crippen molar-refractivity contribution in [2.75, 3.05) is 30.8 Å². The largest absolute Gasteiger partial charge is 0.495 e. The molecule has 0 heterocycles. The Balaban J connectivity index is 2.51. The molecule has 162 valence electrons. The number of sulfonamides is 1. The fourth-order valence-electron chi connectivity index (χ4n) is 2.87. The Morgan fingerprint density at radius 1 is 1.13 bits per heavy atom. The minimum absolute atomic E-state index is 0.0803. The number of hydrogen-bond acceptors (Lipinski definition) is 7. The summed E-state index contributed by atoms with van der Waals surface area (Å²) in [6, 6.07) is 8.45. The minimum Gasteiger partial charge on any atom is -0.495 e. The number of nitrogens with one attached hydrogen (secondary N) is 2. The van der Waals surface area contributed by atoms with Crippen LogP contribution >= 0.6 is 0 Å². The fourth-order valence-corrected chi connectivity index (χ4v) is 4.35. The first-order chi connectivity index (χ1) is 14.1. The van der Waals surface area contributed by atoms with E-state index in [-0.39, 0.29) is 29.6 Å². The predicted octanol–water partition coefficient (Wildman–Crippen LogP) is 3.34. The van der Waals surface area contributed by atoms with Gasteiger partial charge in [0.2, 0.25) is 15.9 Å². The molecule has 2 aromatic carbocycles. The van der Waals surface area contributed by atoms with Crippen LogP contribution in [0.25, 0.3) is 0 Å². The predicted molar refractivity (Wildman–Crippen MR) is 114 cm³/mol. The fraction of sp³-hybridized carbons (Fsp3) is 0.316. The van der Waals surface area contributed by atoms with Crippen LogP contribution < -0.4 is 15.4 Å². The molecule has 11 heteroatoms. The van der Waals surface area contributed by atoms with Gasteiger partial charge >= 0.3 is 0 Å². The van der Waals surface area contributed by atoms with Gasteiger partial charge in [-0.25, -0.2) is 8.42 Å². The van der Waals surface area contributed by atoms with E-state index in [0.29, 0.717) is 17.1 Å². The molecule has 0 saturated carbocycles. The van der Waals surface area contributed by atoms with Crippen molar-refractivity contribution in [3.8, 4) is 5.75 Å². The molecule has 2 N–H and O–H groups in total. The molecule has 10 nitrogen and oxygen atoms in total. The number of rotatable bonds is 9. The quantitative estimate of drug-likeness (QED) is 0.455. The first kappa shape index (κ1) is 23.1. The van der Waals surface area contributed by atoms with Crippen molar-refractivity contribution in [3.05, 3.63) is 46.5 Å². The standard InChI is InChI=1S/C19H24N4O6S/c1-5-22(6-2)30(27,28)15-8-9-16(18(12-15)23(25)26)21-17-11-14(20-13(3)24)7-10-19(17)29-4/h7-12,21H,5-6H2,1-4H3,(H,20,24). The van der Waals surface area contributed by atoms with Crippen LogP contribution in [-0.2, 0) is 14.8 Å². The van der Waals surface area contributed by atoms with Gasteiger partial charge in [0, 0.05) is 31.8 Å². The summed E-state index contributed by atoms with van der Waals surface area (Å²) in [5.41, 5.74) is 0.507. The van der Waals surface area contributed by atoms with Gasteiger partial charge in [0.1, 0.15) is 11.4 Å². The van der Waals surface area contributed by atoms with Gasteiger partial charge in [-0.1, -0.05) is 13.8 Å². The number of nitrogens with zero attached hydrogens (tertiary/aromatic N) is 2. The summed E-state index contributed by atoms with van der Waals surface area (Å²) in [6.07, 6.45) is 0. The summed E-state index contributed by atoms with van der Waals surface area (Å²) >= 11 is 0. The third kappa shape index (κ3) is 5.05. The summed E-state index contributed by atoms with van der Waals surface area (Å²) in [4.78, 5) is 22.1. The molecule has 2 rings (SSSR count). The van der Waals surface area contributed by atoms with E-state index < -0.39 is 20.6 Å². The molecular formula is C19H24N4O6S. The molecule has 0 unspecified atom stereocenters. The summed E-state index contributed by atoms with van der Waals surface area (Å²) in [5, 5.41) is 17.2. The van der Waals surface area contributed by atoms with Gasteiger partial charge in [-0.2, -0.15) is 4.31 Å². The van der Waals surface area contributed by atoms with Crippen molar-refractivity contribution >= 4 is 38.7 Å². The minimum atomic E-state index is -3.85. The first-order valence-electron chi connectivity index (χ1n) is 9.15. The number of anilines is 3. The second-order valence-electron chi connectivity index (χ2n) is 6.25. The molecule has 0 aliphatic rings. The van der Waals surface area contributed by atoms with E-state index >= 15 is 0 Å². The topological polar surface area (TPSA) is 131 Å².